The lowest BCUT2D eigenvalue weighted by Crippen LogP contribution is -2.52. The van der Waals surface area contributed by atoms with Crippen molar-refractivity contribution in [3.63, 3.8) is 0 Å². The van der Waals surface area contributed by atoms with Gasteiger partial charge in [-0.2, -0.15) is 0 Å². The van der Waals surface area contributed by atoms with Gasteiger partial charge in [0.05, 0.1) is 0 Å². The maximum absolute atomic E-state index is 13.0. The Bertz CT molecular complexity index is 889. The zero-order chi connectivity index (χ0) is 17.6. The van der Waals surface area contributed by atoms with E-state index in [1.165, 1.54) is 0 Å². The van der Waals surface area contributed by atoms with Crippen LogP contribution in [0.3, 0.4) is 0 Å². The normalized spacial score (nSPS) is 19.8. The van der Waals surface area contributed by atoms with Gasteiger partial charge in [-0.3, -0.25) is 19.7 Å². The number of hydrogen-bond donors (Lipinski definition) is 1. The van der Waals surface area contributed by atoms with Crippen LogP contribution in [0.4, 0.5) is 0 Å². The van der Waals surface area contributed by atoms with E-state index in [2.05, 4.69) is 5.32 Å². The van der Waals surface area contributed by atoms with Crippen LogP contribution in [0.1, 0.15) is 34.3 Å². The minimum absolute atomic E-state index is 0.125. The standard InChI is InChI=1S/C20H18N2O3/c1-12-7-8-14(13-5-3-2-4-6-13)15-11-22(20(25)18(12)15)16-9-10-17(23)21-19(16)24/h2-8,16H,9-11H2,1H3,(H,21,23,24). The zero-order valence-corrected chi connectivity index (χ0v) is 13.9. The molecule has 2 aliphatic heterocycles. The third kappa shape index (κ3) is 2.52. The van der Waals surface area contributed by atoms with Crippen molar-refractivity contribution >= 4 is 17.7 Å². The molecule has 1 atom stereocenters. The molecule has 1 saturated heterocycles. The van der Waals surface area contributed by atoms with Crippen LogP contribution in [0, 0.1) is 6.92 Å². The van der Waals surface area contributed by atoms with Crippen LogP contribution >= 0.6 is 0 Å². The highest BCUT2D eigenvalue weighted by Gasteiger charge is 2.40. The van der Waals surface area contributed by atoms with Crippen LogP contribution in [0.5, 0.6) is 0 Å². The number of hydrogen-bond acceptors (Lipinski definition) is 3. The molecule has 126 valence electrons. The molecule has 1 unspecified atom stereocenters. The maximum Gasteiger partial charge on any atom is 0.255 e. The van der Waals surface area contributed by atoms with Gasteiger partial charge in [0.2, 0.25) is 11.8 Å². The minimum Gasteiger partial charge on any atom is -0.322 e. The molecule has 0 radical (unpaired) electrons. The van der Waals surface area contributed by atoms with Gasteiger partial charge >= 0.3 is 0 Å². The summed E-state index contributed by atoms with van der Waals surface area (Å²) in [6.07, 6.45) is 0.644. The Morgan fingerprint density at radius 3 is 2.52 bits per heavy atom. The molecule has 5 nitrogen and oxygen atoms in total. The molecule has 4 rings (SSSR count). The summed E-state index contributed by atoms with van der Waals surface area (Å²) in [6.45, 7) is 2.31. The first-order chi connectivity index (χ1) is 12.1. The molecule has 25 heavy (non-hydrogen) atoms. The second-order valence-corrected chi connectivity index (χ2v) is 6.55. The van der Waals surface area contributed by atoms with Crippen molar-refractivity contribution in [2.75, 3.05) is 0 Å². The van der Waals surface area contributed by atoms with Crippen LogP contribution in [-0.2, 0) is 16.1 Å². The van der Waals surface area contributed by atoms with E-state index in [9.17, 15) is 14.4 Å². The topological polar surface area (TPSA) is 66.5 Å². The number of nitrogens with zero attached hydrogens (tertiary/aromatic N) is 1. The summed E-state index contributed by atoms with van der Waals surface area (Å²) in [7, 11) is 0. The molecule has 2 aromatic rings. The molecule has 2 aliphatic rings. The first-order valence-electron chi connectivity index (χ1n) is 8.39. The molecule has 5 heteroatoms. The van der Waals surface area contributed by atoms with Crippen molar-refractivity contribution in [2.24, 2.45) is 0 Å². The number of carbonyl (C=O) groups excluding carboxylic acids is 3. The Morgan fingerprint density at radius 1 is 1.04 bits per heavy atom. The van der Waals surface area contributed by atoms with E-state index in [1.807, 2.05) is 49.4 Å². The summed E-state index contributed by atoms with van der Waals surface area (Å²) in [6, 6.07) is 13.3. The summed E-state index contributed by atoms with van der Waals surface area (Å²) in [4.78, 5) is 38.2. The number of piperidine rings is 1. The number of benzene rings is 2. The van der Waals surface area contributed by atoms with Crippen molar-refractivity contribution in [1.82, 2.24) is 10.2 Å². The largest absolute Gasteiger partial charge is 0.322 e. The van der Waals surface area contributed by atoms with Crippen molar-refractivity contribution in [2.45, 2.75) is 32.4 Å². The van der Waals surface area contributed by atoms with Crippen molar-refractivity contribution in [3.05, 3.63) is 59.2 Å². The summed E-state index contributed by atoms with van der Waals surface area (Å²) in [5.41, 5.74) is 4.63. The van der Waals surface area contributed by atoms with Gasteiger partial charge in [0.1, 0.15) is 6.04 Å². The van der Waals surface area contributed by atoms with Gasteiger partial charge in [0, 0.05) is 18.5 Å². The van der Waals surface area contributed by atoms with E-state index in [-0.39, 0.29) is 24.1 Å². The highest BCUT2D eigenvalue weighted by molar-refractivity contribution is 6.07. The average molecular weight is 334 g/mol. The Morgan fingerprint density at radius 2 is 1.80 bits per heavy atom. The van der Waals surface area contributed by atoms with Gasteiger partial charge in [-0.15, -0.1) is 0 Å². The molecule has 3 amide bonds. The number of fused-ring (bicyclic) bond motifs is 1. The SMILES string of the molecule is Cc1ccc(-c2ccccc2)c2c1C(=O)N(C1CCC(=O)NC1=O)C2. The van der Waals surface area contributed by atoms with Crippen LogP contribution < -0.4 is 5.32 Å². The van der Waals surface area contributed by atoms with Gasteiger partial charge < -0.3 is 4.90 Å². The van der Waals surface area contributed by atoms with Crippen LogP contribution in [0.25, 0.3) is 11.1 Å². The number of carbonyl (C=O) groups is 3. The number of imide groups is 1. The molecule has 0 aliphatic carbocycles. The third-order valence-electron chi connectivity index (χ3n) is 5.00. The summed E-state index contributed by atoms with van der Waals surface area (Å²) >= 11 is 0. The predicted octanol–water partition coefficient (Wildman–Crippen LogP) is 2.42. The van der Waals surface area contributed by atoms with Gasteiger partial charge in [-0.25, -0.2) is 0 Å². The second-order valence-electron chi connectivity index (χ2n) is 6.55. The molecule has 2 heterocycles. The van der Waals surface area contributed by atoms with Gasteiger partial charge in [-0.05, 0) is 35.6 Å². The lowest BCUT2D eigenvalue weighted by molar-refractivity contribution is -0.136. The summed E-state index contributed by atoms with van der Waals surface area (Å²) in [5, 5.41) is 2.34. The molecule has 0 bridgehead atoms. The van der Waals surface area contributed by atoms with E-state index in [0.717, 1.165) is 22.3 Å². The highest BCUT2D eigenvalue weighted by atomic mass is 16.2. The molecule has 2 aromatic carbocycles. The third-order valence-corrected chi connectivity index (χ3v) is 5.00. The smallest absolute Gasteiger partial charge is 0.255 e. The first kappa shape index (κ1) is 15.6. The van der Waals surface area contributed by atoms with E-state index in [4.69, 9.17) is 0 Å². The summed E-state index contributed by atoms with van der Waals surface area (Å²) < 4.78 is 0. The molecular weight excluding hydrogens is 316 g/mol. The average Bonchev–Trinajstić information content (AvgIpc) is 2.94. The molecule has 1 N–H and O–H groups in total. The first-order valence-corrected chi connectivity index (χ1v) is 8.39. The van der Waals surface area contributed by atoms with Gasteiger partial charge in [0.15, 0.2) is 0 Å². The highest BCUT2D eigenvalue weighted by Crippen LogP contribution is 2.36. The molecule has 0 aromatic heterocycles. The van der Waals surface area contributed by atoms with E-state index in [1.54, 1.807) is 4.90 Å². The Labute approximate surface area is 145 Å². The number of nitrogens with one attached hydrogen (secondary N) is 1. The number of amides is 3. The molecular formula is C20H18N2O3. The fourth-order valence-corrected chi connectivity index (χ4v) is 3.73. The van der Waals surface area contributed by atoms with Crippen LogP contribution in [0.15, 0.2) is 42.5 Å². The second kappa shape index (κ2) is 5.84. The van der Waals surface area contributed by atoms with Gasteiger partial charge in [0.25, 0.3) is 5.91 Å². The fraction of sp³-hybridized carbons (Fsp3) is 0.250. The number of rotatable bonds is 2. The van der Waals surface area contributed by atoms with Crippen molar-refractivity contribution in [3.8, 4) is 11.1 Å². The number of aryl methyl sites for hydroxylation is 1. The Hall–Kier alpha value is -2.95. The quantitative estimate of drug-likeness (QED) is 0.858. The van der Waals surface area contributed by atoms with E-state index in [0.29, 0.717) is 18.5 Å². The fourth-order valence-electron chi connectivity index (χ4n) is 3.73. The Kier molecular flexibility index (Phi) is 3.64. The van der Waals surface area contributed by atoms with Crippen LogP contribution in [-0.4, -0.2) is 28.7 Å². The minimum atomic E-state index is -0.583. The Balaban J connectivity index is 1.75. The van der Waals surface area contributed by atoms with E-state index >= 15 is 0 Å². The van der Waals surface area contributed by atoms with Crippen LogP contribution in [0.2, 0.25) is 0 Å². The molecule has 1 fully saturated rings. The summed E-state index contributed by atoms with van der Waals surface area (Å²) in [5.74, 6) is -0.775. The van der Waals surface area contributed by atoms with E-state index < -0.39 is 6.04 Å². The lowest BCUT2D eigenvalue weighted by Gasteiger charge is -2.29. The zero-order valence-electron chi connectivity index (χ0n) is 13.9. The monoisotopic (exact) mass is 334 g/mol. The van der Waals surface area contributed by atoms with Crippen molar-refractivity contribution in [1.29, 1.82) is 0 Å². The maximum atomic E-state index is 13.0. The molecule has 0 saturated carbocycles. The van der Waals surface area contributed by atoms with Crippen molar-refractivity contribution < 1.29 is 14.4 Å². The predicted molar refractivity (Wildman–Crippen MR) is 92.7 cm³/mol. The lowest BCUT2D eigenvalue weighted by atomic mass is 9.94. The van der Waals surface area contributed by atoms with Gasteiger partial charge in [-0.1, -0.05) is 42.5 Å². The molecule has 0 spiro atoms.